The van der Waals surface area contributed by atoms with Gasteiger partial charge in [0.2, 0.25) is 0 Å². The van der Waals surface area contributed by atoms with Crippen molar-refractivity contribution in [2.45, 2.75) is 25.8 Å². The maximum Gasteiger partial charge on any atom is 0.121 e. The fraction of sp³-hybridized carbons (Fsp3) is 0.478. The fourth-order valence-corrected chi connectivity index (χ4v) is 4.24. The molecule has 4 rings (SSSR count). The van der Waals surface area contributed by atoms with Gasteiger partial charge in [-0.15, -0.1) is 0 Å². The topological polar surface area (TPSA) is 45.8 Å². The smallest absolute Gasteiger partial charge is 0.121 e. The van der Waals surface area contributed by atoms with Crippen molar-refractivity contribution in [1.82, 2.24) is 10.2 Å². The van der Waals surface area contributed by atoms with Crippen molar-refractivity contribution in [3.05, 3.63) is 53.1 Å². The first-order valence-corrected chi connectivity index (χ1v) is 10.2. The lowest BCUT2D eigenvalue weighted by molar-refractivity contribution is 0.146. The van der Waals surface area contributed by atoms with E-state index in [0.29, 0.717) is 13.2 Å². The third kappa shape index (κ3) is 3.88. The molecule has 2 aromatic rings. The second kappa shape index (κ2) is 8.11. The van der Waals surface area contributed by atoms with Gasteiger partial charge in [-0.1, -0.05) is 32.0 Å². The van der Waals surface area contributed by atoms with E-state index in [2.05, 4.69) is 65.8 Å². The second-order valence-corrected chi connectivity index (χ2v) is 8.20. The van der Waals surface area contributed by atoms with E-state index in [1.165, 1.54) is 22.4 Å². The molecule has 0 unspecified atom stereocenters. The summed E-state index contributed by atoms with van der Waals surface area (Å²) in [5, 5.41) is 7.05. The van der Waals surface area contributed by atoms with Crippen LogP contribution in [0.15, 0.2) is 36.4 Å². The van der Waals surface area contributed by atoms with Crippen molar-refractivity contribution in [3.63, 3.8) is 0 Å². The predicted molar refractivity (Wildman–Crippen MR) is 114 cm³/mol. The zero-order chi connectivity index (χ0) is 19.6. The maximum atomic E-state index is 5.80. The molecular weight excluding hydrogens is 350 g/mol. The molecule has 2 aromatic carbocycles. The number of hydrogen-bond donors (Lipinski definition) is 2. The van der Waals surface area contributed by atoms with E-state index in [4.69, 9.17) is 9.47 Å². The van der Waals surface area contributed by atoms with Crippen LogP contribution in [-0.4, -0.2) is 51.4 Å². The number of nitrogens with one attached hydrogen (secondary N) is 2. The van der Waals surface area contributed by atoms with Crippen LogP contribution in [0, 0.1) is 0 Å². The van der Waals surface area contributed by atoms with Gasteiger partial charge in [0.25, 0.3) is 0 Å². The van der Waals surface area contributed by atoms with E-state index >= 15 is 0 Å². The van der Waals surface area contributed by atoms with Crippen LogP contribution >= 0.6 is 0 Å². The molecule has 0 bridgehead atoms. The molecule has 0 spiro atoms. The number of anilines is 2. The molecule has 0 saturated carbocycles. The Bertz CT molecular complexity index is 829. The minimum Gasteiger partial charge on any atom is -0.491 e. The van der Waals surface area contributed by atoms with Gasteiger partial charge in [0.1, 0.15) is 12.4 Å². The van der Waals surface area contributed by atoms with E-state index in [9.17, 15) is 0 Å². The molecule has 5 nitrogen and oxygen atoms in total. The summed E-state index contributed by atoms with van der Waals surface area (Å²) in [6.45, 7) is 11.2. The summed E-state index contributed by atoms with van der Waals surface area (Å²) >= 11 is 0. The Morgan fingerprint density at radius 3 is 2.57 bits per heavy atom. The van der Waals surface area contributed by atoms with E-state index in [-0.39, 0.29) is 5.41 Å². The van der Waals surface area contributed by atoms with Gasteiger partial charge >= 0.3 is 0 Å². The molecule has 0 aliphatic carbocycles. The number of benzene rings is 2. The van der Waals surface area contributed by atoms with Crippen LogP contribution in [0.1, 0.15) is 30.5 Å². The van der Waals surface area contributed by atoms with Crippen LogP contribution in [0.25, 0.3) is 0 Å². The molecule has 1 saturated heterocycles. The summed E-state index contributed by atoms with van der Waals surface area (Å²) in [4.78, 5) is 2.53. The maximum absolute atomic E-state index is 5.80. The molecule has 2 aliphatic rings. The highest BCUT2D eigenvalue weighted by Gasteiger charge is 2.33. The van der Waals surface area contributed by atoms with Crippen molar-refractivity contribution >= 4 is 11.4 Å². The van der Waals surface area contributed by atoms with Crippen LogP contribution in [0.3, 0.4) is 0 Å². The number of fused-ring (bicyclic) bond motifs is 2. The van der Waals surface area contributed by atoms with Gasteiger partial charge in [-0.2, -0.15) is 0 Å². The molecule has 2 aliphatic heterocycles. The van der Waals surface area contributed by atoms with Crippen LogP contribution < -0.4 is 15.4 Å². The Hall–Kier alpha value is -2.08. The summed E-state index contributed by atoms with van der Waals surface area (Å²) in [7, 11) is 1.69. The highest BCUT2D eigenvalue weighted by atomic mass is 16.5. The van der Waals surface area contributed by atoms with Crippen LogP contribution in [0.5, 0.6) is 5.75 Å². The average molecular weight is 382 g/mol. The first-order valence-electron chi connectivity index (χ1n) is 10.2. The third-order valence-electron chi connectivity index (χ3n) is 5.86. The SMILES string of the molecule is COCCOc1ccc2c(c1)Nc1ccc(CN3CCNCC3)cc1C2(C)C. The van der Waals surface area contributed by atoms with E-state index < -0.39 is 0 Å². The summed E-state index contributed by atoms with van der Waals surface area (Å²) in [6, 6.07) is 13.2. The first kappa shape index (κ1) is 19.2. The van der Waals surface area contributed by atoms with Crippen LogP contribution in [-0.2, 0) is 16.7 Å². The lowest BCUT2D eigenvalue weighted by atomic mass is 9.74. The summed E-state index contributed by atoms with van der Waals surface area (Å²) in [5.41, 5.74) is 6.32. The van der Waals surface area contributed by atoms with Crippen molar-refractivity contribution in [3.8, 4) is 5.75 Å². The lowest BCUT2D eigenvalue weighted by Crippen LogP contribution is -2.42. The summed E-state index contributed by atoms with van der Waals surface area (Å²) in [5.74, 6) is 0.873. The minimum atomic E-state index is -0.0551. The van der Waals surface area contributed by atoms with E-state index in [1.807, 2.05) is 0 Å². The molecule has 0 aromatic heterocycles. The van der Waals surface area contributed by atoms with Crippen LogP contribution in [0.4, 0.5) is 11.4 Å². The standard InChI is InChI=1S/C23H31N3O2/c1-23(2)19-6-5-18(28-13-12-27-3)15-22(19)25-21-7-4-17(14-20(21)23)16-26-10-8-24-9-11-26/h4-7,14-15,24-25H,8-13,16H2,1-3H3. The number of piperazine rings is 1. The Morgan fingerprint density at radius 1 is 0.964 bits per heavy atom. The normalized spacial score (nSPS) is 18.1. The molecule has 1 fully saturated rings. The molecule has 150 valence electrons. The molecule has 2 heterocycles. The van der Waals surface area contributed by atoms with Gasteiger partial charge in [0.05, 0.1) is 6.61 Å². The van der Waals surface area contributed by atoms with Crippen molar-refractivity contribution in [2.24, 2.45) is 0 Å². The number of hydrogen-bond acceptors (Lipinski definition) is 5. The number of methoxy groups -OCH3 is 1. The zero-order valence-electron chi connectivity index (χ0n) is 17.2. The first-order chi connectivity index (χ1) is 13.6. The molecule has 5 heteroatoms. The molecule has 0 atom stereocenters. The van der Waals surface area contributed by atoms with Crippen molar-refractivity contribution in [2.75, 3.05) is 51.8 Å². The van der Waals surface area contributed by atoms with E-state index in [0.717, 1.165) is 44.2 Å². The largest absolute Gasteiger partial charge is 0.491 e. The third-order valence-corrected chi connectivity index (χ3v) is 5.86. The number of ether oxygens (including phenoxy) is 2. The molecule has 0 amide bonds. The number of nitrogens with zero attached hydrogens (tertiary/aromatic N) is 1. The van der Waals surface area contributed by atoms with Crippen LogP contribution in [0.2, 0.25) is 0 Å². The minimum absolute atomic E-state index is 0.0551. The highest BCUT2D eigenvalue weighted by molar-refractivity contribution is 5.76. The zero-order valence-corrected chi connectivity index (χ0v) is 17.2. The van der Waals surface area contributed by atoms with Crippen molar-refractivity contribution in [1.29, 1.82) is 0 Å². The summed E-state index contributed by atoms with van der Waals surface area (Å²) < 4.78 is 10.9. The lowest BCUT2D eigenvalue weighted by Gasteiger charge is -2.36. The van der Waals surface area contributed by atoms with Gasteiger partial charge in [-0.05, 0) is 28.8 Å². The molecule has 0 radical (unpaired) electrons. The van der Waals surface area contributed by atoms with Gasteiger partial charge < -0.3 is 20.1 Å². The monoisotopic (exact) mass is 381 g/mol. The Labute approximate surface area is 168 Å². The predicted octanol–water partition coefficient (Wildman–Crippen LogP) is 3.50. The summed E-state index contributed by atoms with van der Waals surface area (Å²) in [6.07, 6.45) is 0. The highest BCUT2D eigenvalue weighted by Crippen LogP contribution is 2.46. The average Bonchev–Trinajstić information content (AvgIpc) is 2.69. The second-order valence-electron chi connectivity index (χ2n) is 8.20. The Morgan fingerprint density at radius 2 is 1.79 bits per heavy atom. The quantitative estimate of drug-likeness (QED) is 0.750. The molecule has 28 heavy (non-hydrogen) atoms. The number of rotatable bonds is 6. The van der Waals surface area contributed by atoms with Gasteiger partial charge in [-0.3, -0.25) is 4.90 Å². The Balaban J connectivity index is 1.57. The molecule has 2 N–H and O–H groups in total. The van der Waals surface area contributed by atoms with Crippen molar-refractivity contribution < 1.29 is 9.47 Å². The Kier molecular flexibility index (Phi) is 5.58. The van der Waals surface area contributed by atoms with Gasteiger partial charge in [0.15, 0.2) is 0 Å². The van der Waals surface area contributed by atoms with Gasteiger partial charge in [-0.25, -0.2) is 0 Å². The fourth-order valence-electron chi connectivity index (χ4n) is 4.24. The van der Waals surface area contributed by atoms with Gasteiger partial charge in [0, 0.05) is 62.7 Å². The van der Waals surface area contributed by atoms with E-state index in [1.54, 1.807) is 7.11 Å². The molecular formula is C23H31N3O2.